The number of benzene rings is 1. The van der Waals surface area contributed by atoms with E-state index in [9.17, 15) is 22.7 Å². The number of carboxylic acid groups (broad SMARTS) is 1. The maximum Gasteiger partial charge on any atom is 0.308 e. The van der Waals surface area contributed by atoms with E-state index in [-0.39, 0.29) is 16.7 Å². The van der Waals surface area contributed by atoms with E-state index in [4.69, 9.17) is 4.74 Å². The summed E-state index contributed by atoms with van der Waals surface area (Å²) >= 11 is 0. The smallest absolute Gasteiger partial charge is 0.308 e. The second-order valence-electron chi connectivity index (χ2n) is 5.61. The average molecular weight is 329 g/mol. The first-order chi connectivity index (χ1) is 10.4. The zero-order valence-electron chi connectivity index (χ0n) is 11.9. The van der Waals surface area contributed by atoms with Crippen LogP contribution in [0.25, 0.3) is 0 Å². The summed E-state index contributed by atoms with van der Waals surface area (Å²) in [6.45, 7) is 0. The summed E-state index contributed by atoms with van der Waals surface area (Å²) < 4.78 is 45.2. The van der Waals surface area contributed by atoms with Crippen LogP contribution >= 0.6 is 0 Å². The molecule has 0 aliphatic carbocycles. The normalized spacial score (nSPS) is 28.0. The molecule has 0 saturated carbocycles. The zero-order chi connectivity index (χ0) is 16.1. The number of carboxylic acids is 1. The van der Waals surface area contributed by atoms with Gasteiger partial charge in [-0.2, -0.15) is 4.31 Å². The number of sulfonamides is 1. The van der Waals surface area contributed by atoms with Gasteiger partial charge < -0.3 is 9.84 Å². The summed E-state index contributed by atoms with van der Waals surface area (Å²) in [7, 11) is -2.61. The molecule has 6 nitrogen and oxygen atoms in total. The highest BCUT2D eigenvalue weighted by atomic mass is 32.2. The van der Waals surface area contributed by atoms with E-state index in [2.05, 4.69) is 0 Å². The van der Waals surface area contributed by atoms with Crippen molar-refractivity contribution in [2.75, 3.05) is 7.11 Å². The lowest BCUT2D eigenvalue weighted by atomic mass is 9.89. The van der Waals surface area contributed by atoms with Crippen molar-refractivity contribution in [1.29, 1.82) is 0 Å². The van der Waals surface area contributed by atoms with Crippen molar-refractivity contribution in [3.05, 3.63) is 24.0 Å². The van der Waals surface area contributed by atoms with Gasteiger partial charge in [0.15, 0.2) is 11.6 Å². The predicted molar refractivity (Wildman–Crippen MR) is 74.5 cm³/mol. The summed E-state index contributed by atoms with van der Waals surface area (Å²) in [6.07, 6.45) is 1.53. The SMILES string of the molecule is COc1cc(S(=O)(=O)N2C3CCC2C(C(=O)O)C3)ccc1F. The van der Waals surface area contributed by atoms with Gasteiger partial charge >= 0.3 is 5.97 Å². The molecule has 120 valence electrons. The minimum absolute atomic E-state index is 0.0753. The van der Waals surface area contributed by atoms with Crippen LogP contribution in [0.15, 0.2) is 23.1 Å². The summed E-state index contributed by atoms with van der Waals surface area (Å²) in [6, 6.07) is 2.53. The molecule has 1 aromatic rings. The van der Waals surface area contributed by atoms with Crippen LogP contribution in [-0.2, 0) is 14.8 Å². The van der Waals surface area contributed by atoms with Crippen molar-refractivity contribution in [2.24, 2.45) is 5.92 Å². The number of halogens is 1. The second kappa shape index (κ2) is 5.20. The first-order valence-electron chi connectivity index (χ1n) is 6.96. The van der Waals surface area contributed by atoms with Gasteiger partial charge in [0.25, 0.3) is 0 Å². The quantitative estimate of drug-likeness (QED) is 0.904. The lowest BCUT2D eigenvalue weighted by molar-refractivity contribution is -0.142. The lowest BCUT2D eigenvalue weighted by Gasteiger charge is -2.22. The Hall–Kier alpha value is -1.67. The molecule has 2 saturated heterocycles. The molecule has 2 aliphatic heterocycles. The van der Waals surface area contributed by atoms with Crippen LogP contribution in [0, 0.1) is 11.7 Å². The van der Waals surface area contributed by atoms with E-state index in [0.29, 0.717) is 19.3 Å². The Balaban J connectivity index is 1.99. The molecule has 2 heterocycles. The van der Waals surface area contributed by atoms with Crippen molar-refractivity contribution < 1.29 is 27.4 Å². The van der Waals surface area contributed by atoms with Gasteiger partial charge in [-0.15, -0.1) is 0 Å². The van der Waals surface area contributed by atoms with E-state index >= 15 is 0 Å². The third-order valence-electron chi connectivity index (χ3n) is 4.49. The summed E-state index contributed by atoms with van der Waals surface area (Å²) in [5, 5.41) is 9.22. The molecular weight excluding hydrogens is 313 g/mol. The van der Waals surface area contributed by atoms with Crippen molar-refractivity contribution >= 4 is 16.0 Å². The van der Waals surface area contributed by atoms with Gasteiger partial charge in [-0.1, -0.05) is 0 Å². The van der Waals surface area contributed by atoms with Gasteiger partial charge in [-0.05, 0) is 31.4 Å². The molecule has 8 heteroatoms. The number of hydrogen-bond donors (Lipinski definition) is 1. The maximum absolute atomic E-state index is 13.5. The highest BCUT2D eigenvalue weighted by molar-refractivity contribution is 7.89. The maximum atomic E-state index is 13.5. The number of hydrogen-bond acceptors (Lipinski definition) is 4. The molecular formula is C14H16FNO5S. The number of methoxy groups -OCH3 is 1. The number of nitrogens with zero attached hydrogens (tertiary/aromatic N) is 1. The molecule has 2 bridgehead atoms. The molecule has 0 aromatic heterocycles. The van der Waals surface area contributed by atoms with Crippen molar-refractivity contribution in [1.82, 2.24) is 4.31 Å². The Morgan fingerprint density at radius 2 is 2.14 bits per heavy atom. The number of ether oxygens (including phenoxy) is 1. The molecule has 1 N–H and O–H groups in total. The minimum Gasteiger partial charge on any atom is -0.494 e. The molecule has 2 fully saturated rings. The average Bonchev–Trinajstić information content (AvgIpc) is 3.06. The molecule has 3 atom stereocenters. The highest BCUT2D eigenvalue weighted by Gasteiger charge is 2.54. The summed E-state index contributed by atoms with van der Waals surface area (Å²) in [5.41, 5.74) is 0. The number of rotatable bonds is 4. The van der Waals surface area contributed by atoms with Crippen LogP contribution in [0.4, 0.5) is 4.39 Å². The zero-order valence-corrected chi connectivity index (χ0v) is 12.7. The van der Waals surface area contributed by atoms with Crippen LogP contribution < -0.4 is 4.74 Å². The highest BCUT2D eigenvalue weighted by Crippen LogP contribution is 2.45. The van der Waals surface area contributed by atoms with Crippen LogP contribution in [0.1, 0.15) is 19.3 Å². The fourth-order valence-electron chi connectivity index (χ4n) is 3.50. The standard InChI is InChI=1S/C14H16FNO5S/c1-21-13-7-9(3-4-11(13)15)22(19,20)16-8-2-5-12(16)10(6-8)14(17)18/h3-4,7-8,10,12H,2,5-6H2,1H3,(H,17,18). The van der Waals surface area contributed by atoms with Crippen molar-refractivity contribution in [2.45, 2.75) is 36.2 Å². The number of fused-ring (bicyclic) bond motifs is 2. The van der Waals surface area contributed by atoms with Crippen LogP contribution in [0.2, 0.25) is 0 Å². The van der Waals surface area contributed by atoms with Gasteiger partial charge in [0, 0.05) is 18.2 Å². The van der Waals surface area contributed by atoms with Gasteiger partial charge in [-0.3, -0.25) is 4.79 Å². The van der Waals surface area contributed by atoms with E-state index in [0.717, 1.165) is 12.1 Å². The Morgan fingerprint density at radius 3 is 2.73 bits per heavy atom. The number of carbonyl (C=O) groups is 1. The molecule has 0 amide bonds. The summed E-state index contributed by atoms with van der Waals surface area (Å²) in [5.74, 6) is -2.43. The van der Waals surface area contributed by atoms with Crippen LogP contribution in [-0.4, -0.2) is 43.0 Å². The third kappa shape index (κ3) is 2.17. The first-order valence-corrected chi connectivity index (χ1v) is 8.40. The van der Waals surface area contributed by atoms with Crippen molar-refractivity contribution in [3.8, 4) is 5.75 Å². The van der Waals surface area contributed by atoms with E-state index in [1.807, 2.05) is 0 Å². The monoisotopic (exact) mass is 329 g/mol. The summed E-state index contributed by atoms with van der Waals surface area (Å²) in [4.78, 5) is 11.2. The molecule has 22 heavy (non-hydrogen) atoms. The largest absolute Gasteiger partial charge is 0.494 e. The number of aliphatic carboxylic acids is 1. The van der Waals surface area contributed by atoms with Crippen molar-refractivity contribution in [3.63, 3.8) is 0 Å². The first kappa shape index (κ1) is 15.2. The molecule has 0 spiro atoms. The second-order valence-corrected chi connectivity index (χ2v) is 7.45. The van der Waals surface area contributed by atoms with Gasteiger partial charge in [0.05, 0.1) is 17.9 Å². The molecule has 1 aromatic carbocycles. The van der Waals surface area contributed by atoms with Crippen LogP contribution in [0.3, 0.4) is 0 Å². The molecule has 3 unspecified atom stereocenters. The Bertz CT molecular complexity index is 720. The predicted octanol–water partition coefficient (Wildman–Crippen LogP) is 1.46. The molecule has 2 aliphatic rings. The third-order valence-corrected chi connectivity index (χ3v) is 6.46. The van der Waals surface area contributed by atoms with Gasteiger partial charge in [-0.25, -0.2) is 12.8 Å². The fourth-order valence-corrected chi connectivity index (χ4v) is 5.43. The molecule has 3 rings (SSSR count). The van der Waals surface area contributed by atoms with E-state index < -0.39 is 33.8 Å². The fraction of sp³-hybridized carbons (Fsp3) is 0.500. The van der Waals surface area contributed by atoms with E-state index in [1.165, 1.54) is 17.5 Å². The van der Waals surface area contributed by atoms with Crippen LogP contribution in [0.5, 0.6) is 5.75 Å². The Labute approximate surface area is 127 Å². The minimum atomic E-state index is -3.87. The Kier molecular flexibility index (Phi) is 3.60. The van der Waals surface area contributed by atoms with E-state index in [1.54, 1.807) is 0 Å². The van der Waals surface area contributed by atoms with Gasteiger partial charge in [0.1, 0.15) is 0 Å². The topological polar surface area (TPSA) is 83.9 Å². The molecule has 0 radical (unpaired) electrons. The van der Waals surface area contributed by atoms with Gasteiger partial charge in [0.2, 0.25) is 10.0 Å². The Morgan fingerprint density at radius 1 is 1.41 bits per heavy atom. The lowest BCUT2D eigenvalue weighted by Crippen LogP contribution is -2.37.